The van der Waals surface area contributed by atoms with Crippen LogP contribution in [-0.4, -0.2) is 26.1 Å². The van der Waals surface area contributed by atoms with E-state index in [2.05, 4.69) is 29.0 Å². The third-order valence-electron chi connectivity index (χ3n) is 3.79. The molecular formula is C16H19N3OS. The Morgan fingerprint density at radius 2 is 2.29 bits per heavy atom. The van der Waals surface area contributed by atoms with Crippen LogP contribution in [0.5, 0.6) is 0 Å². The Hall–Kier alpha value is -1.62. The molecule has 0 N–H and O–H groups in total. The molecule has 21 heavy (non-hydrogen) atoms. The molecule has 0 aliphatic carbocycles. The molecule has 1 aliphatic rings. The van der Waals surface area contributed by atoms with Gasteiger partial charge in [-0.25, -0.2) is 0 Å². The summed E-state index contributed by atoms with van der Waals surface area (Å²) in [7, 11) is 0. The van der Waals surface area contributed by atoms with Crippen molar-refractivity contribution in [3.05, 3.63) is 41.3 Å². The molecule has 0 saturated carbocycles. The molecule has 3 heterocycles. The van der Waals surface area contributed by atoms with Crippen LogP contribution in [0.4, 0.5) is 0 Å². The fraction of sp³-hybridized carbons (Fsp3) is 0.438. The summed E-state index contributed by atoms with van der Waals surface area (Å²) < 4.78 is 5.34. The molecule has 4 nitrogen and oxygen atoms in total. The Bertz CT molecular complexity index is 638. The molecule has 0 spiro atoms. The number of rotatable bonds is 3. The van der Waals surface area contributed by atoms with Gasteiger partial charge < -0.3 is 4.52 Å². The lowest BCUT2D eigenvalue weighted by molar-refractivity contribution is 0.393. The van der Waals surface area contributed by atoms with Crippen LogP contribution in [-0.2, 0) is 0 Å². The van der Waals surface area contributed by atoms with Crippen molar-refractivity contribution in [2.75, 3.05) is 5.75 Å². The lowest BCUT2D eigenvalue weighted by atomic mass is 9.99. The summed E-state index contributed by atoms with van der Waals surface area (Å²) in [6.07, 6.45) is 9.73. The lowest BCUT2D eigenvalue weighted by Crippen LogP contribution is -2.15. The topological polar surface area (TPSA) is 51.8 Å². The quantitative estimate of drug-likeness (QED) is 0.859. The highest BCUT2D eigenvalue weighted by molar-refractivity contribution is 7.99. The predicted octanol–water partition coefficient (Wildman–Crippen LogP) is 3.94. The van der Waals surface area contributed by atoms with E-state index in [9.17, 15) is 0 Å². The molecule has 0 radical (unpaired) electrons. The van der Waals surface area contributed by atoms with Crippen molar-refractivity contribution in [2.24, 2.45) is 0 Å². The van der Waals surface area contributed by atoms with Crippen LogP contribution in [0.25, 0.3) is 12.2 Å². The van der Waals surface area contributed by atoms with E-state index in [1.54, 1.807) is 6.20 Å². The summed E-state index contributed by atoms with van der Waals surface area (Å²) in [6, 6.07) is 1.99. The second-order valence-electron chi connectivity index (χ2n) is 5.46. The number of hydrogen-bond acceptors (Lipinski definition) is 5. The minimum absolute atomic E-state index is 0.437. The summed E-state index contributed by atoms with van der Waals surface area (Å²) in [5, 5.41) is 4.83. The fourth-order valence-electron chi connectivity index (χ4n) is 2.53. The number of nitrogens with zero attached hydrogens (tertiary/aromatic N) is 3. The van der Waals surface area contributed by atoms with Crippen LogP contribution in [0.2, 0.25) is 0 Å². The smallest absolute Gasteiger partial charge is 0.250 e. The molecule has 110 valence electrons. The van der Waals surface area contributed by atoms with Gasteiger partial charge in [-0.15, -0.1) is 0 Å². The first kappa shape index (κ1) is 14.3. The molecule has 2 aromatic heterocycles. The van der Waals surface area contributed by atoms with E-state index in [0.717, 1.165) is 24.2 Å². The second kappa shape index (κ2) is 6.43. The SMILES string of the molecule is Cc1ccncc1/C=C/c1nc(C2CCSC(C)C2)no1. The van der Waals surface area contributed by atoms with Crippen LogP contribution in [0.1, 0.15) is 48.5 Å². The van der Waals surface area contributed by atoms with Gasteiger partial charge >= 0.3 is 0 Å². The van der Waals surface area contributed by atoms with Crippen LogP contribution >= 0.6 is 11.8 Å². The van der Waals surface area contributed by atoms with E-state index in [1.807, 2.05) is 36.2 Å². The summed E-state index contributed by atoms with van der Waals surface area (Å²) in [4.78, 5) is 8.64. The minimum Gasteiger partial charge on any atom is -0.335 e. The molecule has 1 fully saturated rings. The molecular weight excluding hydrogens is 282 g/mol. The van der Waals surface area contributed by atoms with Gasteiger partial charge in [0.05, 0.1) is 0 Å². The lowest BCUT2D eigenvalue weighted by Gasteiger charge is -2.23. The monoisotopic (exact) mass is 301 g/mol. The standard InChI is InChI=1S/C16H19N3OS/c1-11-5-7-17-10-14(11)3-4-15-18-16(19-20-15)13-6-8-21-12(2)9-13/h3-5,7,10,12-13H,6,8-9H2,1-2H3/b4-3+. The predicted molar refractivity (Wildman–Crippen MR) is 86.1 cm³/mol. The number of aromatic nitrogens is 3. The van der Waals surface area contributed by atoms with Gasteiger partial charge in [0.15, 0.2) is 5.82 Å². The molecule has 1 saturated heterocycles. The largest absolute Gasteiger partial charge is 0.335 e. The Morgan fingerprint density at radius 1 is 1.38 bits per heavy atom. The maximum Gasteiger partial charge on any atom is 0.250 e. The zero-order valence-electron chi connectivity index (χ0n) is 12.3. The normalized spacial score (nSPS) is 22.8. The molecule has 2 atom stereocenters. The van der Waals surface area contributed by atoms with Gasteiger partial charge in [0.2, 0.25) is 0 Å². The van der Waals surface area contributed by atoms with Crippen LogP contribution in [0, 0.1) is 6.92 Å². The van der Waals surface area contributed by atoms with E-state index in [0.29, 0.717) is 17.1 Å². The van der Waals surface area contributed by atoms with Gasteiger partial charge in [0.25, 0.3) is 5.89 Å². The molecule has 3 rings (SSSR count). The van der Waals surface area contributed by atoms with E-state index in [1.165, 1.54) is 11.3 Å². The average Bonchev–Trinajstić information content (AvgIpc) is 2.95. The Labute approximate surface area is 129 Å². The van der Waals surface area contributed by atoms with E-state index in [-0.39, 0.29) is 0 Å². The van der Waals surface area contributed by atoms with E-state index in [4.69, 9.17) is 4.52 Å². The third kappa shape index (κ3) is 3.53. The van der Waals surface area contributed by atoms with Crippen LogP contribution in [0.3, 0.4) is 0 Å². The minimum atomic E-state index is 0.437. The fourth-order valence-corrected chi connectivity index (χ4v) is 3.72. The van der Waals surface area contributed by atoms with E-state index < -0.39 is 0 Å². The molecule has 5 heteroatoms. The first-order valence-electron chi connectivity index (χ1n) is 7.26. The van der Waals surface area contributed by atoms with Gasteiger partial charge in [0.1, 0.15) is 0 Å². The molecule has 1 aliphatic heterocycles. The van der Waals surface area contributed by atoms with Crippen molar-refractivity contribution in [3.63, 3.8) is 0 Å². The van der Waals surface area contributed by atoms with Crippen LogP contribution in [0.15, 0.2) is 23.0 Å². The van der Waals surface area contributed by atoms with Crippen molar-refractivity contribution in [3.8, 4) is 0 Å². The van der Waals surface area contributed by atoms with Crippen molar-refractivity contribution >= 4 is 23.9 Å². The van der Waals surface area contributed by atoms with Gasteiger partial charge in [-0.3, -0.25) is 4.98 Å². The van der Waals surface area contributed by atoms with Crippen molar-refractivity contribution in [2.45, 2.75) is 37.9 Å². The van der Waals surface area contributed by atoms with Gasteiger partial charge in [-0.1, -0.05) is 12.1 Å². The number of aryl methyl sites for hydroxylation is 1. The highest BCUT2D eigenvalue weighted by Gasteiger charge is 2.24. The van der Waals surface area contributed by atoms with Crippen molar-refractivity contribution in [1.29, 1.82) is 0 Å². The van der Waals surface area contributed by atoms with Gasteiger partial charge in [0, 0.05) is 29.6 Å². The first-order chi connectivity index (χ1) is 10.2. The highest BCUT2D eigenvalue weighted by atomic mass is 32.2. The Morgan fingerprint density at radius 3 is 3.10 bits per heavy atom. The number of hydrogen-bond donors (Lipinski definition) is 0. The van der Waals surface area contributed by atoms with E-state index >= 15 is 0 Å². The Kier molecular flexibility index (Phi) is 4.39. The zero-order chi connectivity index (χ0) is 14.7. The number of pyridine rings is 1. The van der Waals surface area contributed by atoms with Crippen molar-refractivity contribution < 1.29 is 4.52 Å². The maximum atomic E-state index is 5.34. The second-order valence-corrected chi connectivity index (χ2v) is 7.01. The first-order valence-corrected chi connectivity index (χ1v) is 8.31. The van der Waals surface area contributed by atoms with Crippen molar-refractivity contribution in [1.82, 2.24) is 15.1 Å². The third-order valence-corrected chi connectivity index (χ3v) is 5.03. The maximum absolute atomic E-state index is 5.34. The summed E-state index contributed by atoms with van der Waals surface area (Å²) >= 11 is 2.03. The number of thioether (sulfide) groups is 1. The van der Waals surface area contributed by atoms with Gasteiger partial charge in [-0.05, 0) is 48.8 Å². The zero-order valence-corrected chi connectivity index (χ0v) is 13.1. The summed E-state index contributed by atoms with van der Waals surface area (Å²) in [5.41, 5.74) is 2.25. The average molecular weight is 301 g/mol. The molecule has 0 bridgehead atoms. The van der Waals surface area contributed by atoms with Crippen LogP contribution < -0.4 is 0 Å². The highest BCUT2D eigenvalue weighted by Crippen LogP contribution is 2.34. The molecule has 2 unspecified atom stereocenters. The molecule has 0 amide bonds. The summed E-state index contributed by atoms with van der Waals surface area (Å²) in [6.45, 7) is 4.32. The Balaban J connectivity index is 1.72. The molecule has 0 aromatic carbocycles. The summed E-state index contributed by atoms with van der Waals surface area (Å²) in [5.74, 6) is 3.04. The molecule has 2 aromatic rings. The van der Waals surface area contributed by atoms with Gasteiger partial charge in [-0.2, -0.15) is 16.7 Å².